The lowest BCUT2D eigenvalue weighted by atomic mass is 9.93. The van der Waals surface area contributed by atoms with Crippen LogP contribution in [0.3, 0.4) is 0 Å². The monoisotopic (exact) mass is 375 g/mol. The first kappa shape index (κ1) is 20.3. The molecule has 0 aliphatic carbocycles. The third-order valence-electron chi connectivity index (χ3n) is 5.01. The van der Waals surface area contributed by atoms with Crippen LogP contribution in [0.2, 0.25) is 0 Å². The summed E-state index contributed by atoms with van der Waals surface area (Å²) in [7, 11) is 0. The first-order valence-electron chi connectivity index (χ1n) is 10.6. The highest BCUT2D eigenvalue weighted by Crippen LogP contribution is 2.26. The van der Waals surface area contributed by atoms with E-state index >= 15 is 0 Å². The van der Waals surface area contributed by atoms with Gasteiger partial charge in [0.25, 0.3) is 0 Å². The fourth-order valence-electron chi connectivity index (χ4n) is 3.76. The van der Waals surface area contributed by atoms with Crippen molar-refractivity contribution in [1.29, 1.82) is 0 Å². The molecular weight excluding hydrogens is 342 g/mol. The molecule has 2 aromatic carbocycles. The summed E-state index contributed by atoms with van der Waals surface area (Å²) in [4.78, 5) is 8.92. The van der Waals surface area contributed by atoms with Crippen LogP contribution in [-0.2, 0) is 12.8 Å². The van der Waals surface area contributed by atoms with E-state index in [9.17, 15) is 0 Å². The van der Waals surface area contributed by atoms with Crippen molar-refractivity contribution in [2.75, 3.05) is 5.32 Å². The number of aryl methyl sites for hydroxylation is 1. The van der Waals surface area contributed by atoms with E-state index in [-0.39, 0.29) is 0 Å². The van der Waals surface area contributed by atoms with Gasteiger partial charge >= 0.3 is 0 Å². The molecule has 3 nitrogen and oxygen atoms in total. The molecule has 1 aliphatic rings. The van der Waals surface area contributed by atoms with Gasteiger partial charge in [-0.25, -0.2) is 4.98 Å². The van der Waals surface area contributed by atoms with Crippen LogP contribution < -0.4 is 5.32 Å². The number of anilines is 1. The molecular formula is C25H33N3. The molecule has 28 heavy (non-hydrogen) atoms. The fourth-order valence-corrected chi connectivity index (χ4v) is 3.76. The van der Waals surface area contributed by atoms with Crippen LogP contribution in [0.5, 0.6) is 0 Å². The zero-order valence-electron chi connectivity index (χ0n) is 17.7. The highest BCUT2D eigenvalue weighted by Gasteiger charge is 2.17. The molecule has 0 unspecified atom stereocenters. The van der Waals surface area contributed by atoms with Crippen molar-refractivity contribution in [2.24, 2.45) is 11.8 Å². The van der Waals surface area contributed by atoms with Gasteiger partial charge in [-0.3, -0.25) is 4.98 Å². The number of fused-ring (bicyclic) bond motifs is 2. The van der Waals surface area contributed by atoms with Crippen LogP contribution >= 0.6 is 0 Å². The molecule has 2 heterocycles. The number of hydrogen-bond acceptors (Lipinski definition) is 3. The number of nitrogens with one attached hydrogen (secondary N) is 1. The highest BCUT2D eigenvalue weighted by atomic mass is 14.9. The summed E-state index contributed by atoms with van der Waals surface area (Å²) < 4.78 is 0. The summed E-state index contributed by atoms with van der Waals surface area (Å²) in [6.45, 7) is 8.97. The number of para-hydroxylation sites is 3. The molecule has 0 amide bonds. The lowest BCUT2D eigenvalue weighted by molar-refractivity contribution is 0.487. The van der Waals surface area contributed by atoms with E-state index in [0.717, 1.165) is 29.1 Å². The fraction of sp³-hybridized carbons (Fsp3) is 0.440. The third kappa shape index (κ3) is 5.79. The third-order valence-corrected chi connectivity index (χ3v) is 5.01. The Kier molecular flexibility index (Phi) is 7.02. The normalized spacial score (nSPS) is 15.7. The predicted octanol–water partition coefficient (Wildman–Crippen LogP) is 6.29. The van der Waals surface area contributed by atoms with Gasteiger partial charge in [-0.15, -0.1) is 0 Å². The van der Waals surface area contributed by atoms with E-state index in [4.69, 9.17) is 0 Å². The number of rotatable bonds is 4. The Bertz CT molecular complexity index is 886. The van der Waals surface area contributed by atoms with Gasteiger partial charge in [-0.2, -0.15) is 0 Å². The molecule has 3 heteroatoms. The summed E-state index contributed by atoms with van der Waals surface area (Å²) in [5, 5.41) is 3.63. The molecule has 148 valence electrons. The van der Waals surface area contributed by atoms with Gasteiger partial charge in [0.15, 0.2) is 0 Å². The topological polar surface area (TPSA) is 37.8 Å². The second kappa shape index (κ2) is 9.68. The summed E-state index contributed by atoms with van der Waals surface area (Å²) in [6, 6.07) is 17.3. The van der Waals surface area contributed by atoms with E-state index in [2.05, 4.69) is 67.2 Å². The molecule has 0 radical (unpaired) electrons. The lowest BCUT2D eigenvalue weighted by Gasteiger charge is -2.28. The molecule has 0 bridgehead atoms. The van der Waals surface area contributed by atoms with Crippen molar-refractivity contribution in [2.45, 2.75) is 59.4 Å². The second-order valence-electron chi connectivity index (χ2n) is 8.61. The predicted molar refractivity (Wildman–Crippen MR) is 120 cm³/mol. The molecule has 4 rings (SSSR count). The Morgan fingerprint density at radius 1 is 0.929 bits per heavy atom. The Morgan fingerprint density at radius 3 is 2.39 bits per heavy atom. The Labute approximate surface area is 169 Å². The minimum atomic E-state index is 0.630. The smallest absolute Gasteiger partial charge is 0.0890 e. The second-order valence-corrected chi connectivity index (χ2v) is 8.61. The SMILES string of the molecule is CC(C)C[C@H]1CCc2ccccc2N1.CC(C)Cc1cnc2ccccc2n1. The number of hydrogen-bond donors (Lipinski definition) is 1. The van der Waals surface area contributed by atoms with Crippen LogP contribution in [0.4, 0.5) is 5.69 Å². The van der Waals surface area contributed by atoms with Crippen molar-refractivity contribution in [1.82, 2.24) is 9.97 Å². The Hall–Kier alpha value is -2.42. The average molecular weight is 376 g/mol. The molecule has 0 fully saturated rings. The molecule has 0 saturated heterocycles. The molecule has 1 atom stereocenters. The van der Waals surface area contributed by atoms with Crippen molar-refractivity contribution >= 4 is 16.7 Å². The standard InChI is InChI=1S/C13H19N.C12H14N2/c1-10(2)9-12-8-7-11-5-3-4-6-13(11)14-12;1-9(2)7-10-8-13-11-5-3-4-6-12(11)14-10/h3-6,10,12,14H,7-9H2,1-2H3;3-6,8-9H,7H2,1-2H3/t12-;/m1./s1. The maximum Gasteiger partial charge on any atom is 0.0890 e. The summed E-state index contributed by atoms with van der Waals surface area (Å²) in [5.41, 5.74) is 5.88. The number of nitrogens with zero attached hydrogens (tertiary/aromatic N) is 2. The van der Waals surface area contributed by atoms with Gasteiger partial charge in [0.1, 0.15) is 0 Å². The summed E-state index contributed by atoms with van der Waals surface area (Å²) in [5.74, 6) is 1.42. The molecule has 3 aromatic rings. The average Bonchev–Trinajstić information content (AvgIpc) is 2.67. The van der Waals surface area contributed by atoms with Crippen molar-refractivity contribution in [3.05, 3.63) is 66.0 Å². The van der Waals surface area contributed by atoms with Crippen molar-refractivity contribution in [3.63, 3.8) is 0 Å². The quantitative estimate of drug-likeness (QED) is 0.582. The Balaban J connectivity index is 0.000000161. The van der Waals surface area contributed by atoms with Crippen LogP contribution in [0, 0.1) is 11.8 Å². The van der Waals surface area contributed by atoms with Crippen LogP contribution in [0.1, 0.15) is 51.8 Å². The summed E-state index contributed by atoms with van der Waals surface area (Å²) in [6.07, 6.45) is 6.68. The van der Waals surface area contributed by atoms with Gasteiger partial charge in [0.2, 0.25) is 0 Å². The van der Waals surface area contributed by atoms with E-state index in [1.165, 1.54) is 30.5 Å². The highest BCUT2D eigenvalue weighted by molar-refractivity contribution is 5.73. The first-order chi connectivity index (χ1) is 13.5. The van der Waals surface area contributed by atoms with E-state index in [1.807, 2.05) is 30.5 Å². The van der Waals surface area contributed by atoms with Crippen molar-refractivity contribution < 1.29 is 0 Å². The molecule has 1 aromatic heterocycles. The maximum atomic E-state index is 4.55. The molecule has 1 aliphatic heterocycles. The lowest BCUT2D eigenvalue weighted by Crippen LogP contribution is -2.26. The minimum absolute atomic E-state index is 0.630. The Morgan fingerprint density at radius 2 is 1.64 bits per heavy atom. The largest absolute Gasteiger partial charge is 0.382 e. The first-order valence-corrected chi connectivity index (χ1v) is 10.6. The van der Waals surface area contributed by atoms with Gasteiger partial charge < -0.3 is 5.32 Å². The molecule has 0 spiro atoms. The van der Waals surface area contributed by atoms with E-state index in [0.29, 0.717) is 12.0 Å². The van der Waals surface area contributed by atoms with Crippen LogP contribution in [-0.4, -0.2) is 16.0 Å². The minimum Gasteiger partial charge on any atom is -0.382 e. The zero-order chi connectivity index (χ0) is 19.9. The van der Waals surface area contributed by atoms with Crippen molar-refractivity contribution in [3.8, 4) is 0 Å². The zero-order valence-corrected chi connectivity index (χ0v) is 17.7. The van der Waals surface area contributed by atoms with Crippen LogP contribution in [0.15, 0.2) is 54.7 Å². The van der Waals surface area contributed by atoms with Gasteiger partial charge in [-0.05, 0) is 61.3 Å². The molecule has 0 saturated carbocycles. The summed E-state index contributed by atoms with van der Waals surface area (Å²) >= 11 is 0. The van der Waals surface area contributed by atoms with E-state index < -0.39 is 0 Å². The van der Waals surface area contributed by atoms with E-state index in [1.54, 1.807) is 0 Å². The number of benzene rings is 2. The van der Waals surface area contributed by atoms with Gasteiger partial charge in [0, 0.05) is 17.9 Å². The van der Waals surface area contributed by atoms with Gasteiger partial charge in [0.05, 0.1) is 16.7 Å². The van der Waals surface area contributed by atoms with Crippen LogP contribution in [0.25, 0.3) is 11.0 Å². The maximum absolute atomic E-state index is 4.55. The molecule has 1 N–H and O–H groups in total. The van der Waals surface area contributed by atoms with Gasteiger partial charge in [-0.1, -0.05) is 58.0 Å². The number of aromatic nitrogens is 2.